The standard InChI is InChI=1S/C17H27NO2/c1-12(9-16(11-18)17(19)20)5-4-6-15-8-7-13(2)14(3)10-15/h7-8,10,12,16H,4-6,9,11,18H2,1-3H3,(H,19,20). The molecule has 3 heteroatoms. The van der Waals surface area contributed by atoms with Crippen molar-refractivity contribution in [3.05, 3.63) is 34.9 Å². The Morgan fingerprint density at radius 1 is 1.30 bits per heavy atom. The molecule has 1 rings (SSSR count). The van der Waals surface area contributed by atoms with Crippen LogP contribution < -0.4 is 5.73 Å². The molecule has 0 radical (unpaired) electrons. The molecule has 0 spiro atoms. The predicted molar refractivity (Wildman–Crippen MR) is 82.8 cm³/mol. The molecule has 3 N–H and O–H groups in total. The van der Waals surface area contributed by atoms with E-state index in [9.17, 15) is 4.79 Å². The Bertz CT molecular complexity index is 443. The summed E-state index contributed by atoms with van der Waals surface area (Å²) < 4.78 is 0. The zero-order chi connectivity index (χ0) is 15.1. The molecule has 1 aromatic carbocycles. The van der Waals surface area contributed by atoms with Crippen LogP contribution >= 0.6 is 0 Å². The van der Waals surface area contributed by atoms with Crippen molar-refractivity contribution in [3.8, 4) is 0 Å². The molecular weight excluding hydrogens is 250 g/mol. The fourth-order valence-electron chi connectivity index (χ4n) is 2.52. The lowest BCUT2D eigenvalue weighted by Crippen LogP contribution is -2.25. The summed E-state index contributed by atoms with van der Waals surface area (Å²) in [6.45, 7) is 6.61. The number of hydrogen-bond acceptors (Lipinski definition) is 2. The summed E-state index contributed by atoms with van der Waals surface area (Å²) in [6, 6.07) is 6.61. The summed E-state index contributed by atoms with van der Waals surface area (Å²) in [5, 5.41) is 9.00. The van der Waals surface area contributed by atoms with E-state index in [2.05, 4.69) is 39.0 Å². The van der Waals surface area contributed by atoms with Crippen LogP contribution in [-0.4, -0.2) is 17.6 Å². The van der Waals surface area contributed by atoms with Crippen LogP contribution in [-0.2, 0) is 11.2 Å². The molecule has 0 bridgehead atoms. The van der Waals surface area contributed by atoms with Crippen molar-refractivity contribution in [2.24, 2.45) is 17.6 Å². The molecule has 2 atom stereocenters. The second kappa shape index (κ2) is 8.05. The van der Waals surface area contributed by atoms with Gasteiger partial charge < -0.3 is 10.8 Å². The molecule has 3 nitrogen and oxygen atoms in total. The highest BCUT2D eigenvalue weighted by Gasteiger charge is 2.18. The molecule has 0 aromatic heterocycles. The smallest absolute Gasteiger partial charge is 0.307 e. The third-order valence-electron chi connectivity index (χ3n) is 4.05. The van der Waals surface area contributed by atoms with E-state index < -0.39 is 11.9 Å². The number of aliphatic carboxylic acids is 1. The van der Waals surface area contributed by atoms with Gasteiger partial charge >= 0.3 is 5.97 Å². The number of rotatable bonds is 8. The molecule has 0 saturated heterocycles. The van der Waals surface area contributed by atoms with Crippen molar-refractivity contribution >= 4 is 5.97 Å². The highest BCUT2D eigenvalue weighted by atomic mass is 16.4. The summed E-state index contributed by atoms with van der Waals surface area (Å²) in [4.78, 5) is 11.0. The Morgan fingerprint density at radius 3 is 2.55 bits per heavy atom. The molecule has 20 heavy (non-hydrogen) atoms. The van der Waals surface area contributed by atoms with E-state index in [1.54, 1.807) is 0 Å². The van der Waals surface area contributed by atoms with Crippen molar-refractivity contribution in [3.63, 3.8) is 0 Å². The van der Waals surface area contributed by atoms with Gasteiger partial charge in [-0.25, -0.2) is 0 Å². The monoisotopic (exact) mass is 277 g/mol. The molecule has 0 aliphatic rings. The van der Waals surface area contributed by atoms with E-state index in [1.165, 1.54) is 16.7 Å². The zero-order valence-corrected chi connectivity index (χ0v) is 12.9. The molecule has 112 valence electrons. The van der Waals surface area contributed by atoms with Crippen molar-refractivity contribution < 1.29 is 9.90 Å². The molecular formula is C17H27NO2. The van der Waals surface area contributed by atoms with E-state index in [0.717, 1.165) is 19.3 Å². The van der Waals surface area contributed by atoms with Gasteiger partial charge in [0.15, 0.2) is 0 Å². The van der Waals surface area contributed by atoms with Gasteiger partial charge in [-0.2, -0.15) is 0 Å². The third kappa shape index (κ3) is 5.33. The summed E-state index contributed by atoms with van der Waals surface area (Å²) in [7, 11) is 0. The van der Waals surface area contributed by atoms with Crippen LogP contribution in [0.15, 0.2) is 18.2 Å². The van der Waals surface area contributed by atoms with Crippen LogP contribution in [0, 0.1) is 25.7 Å². The van der Waals surface area contributed by atoms with Gasteiger partial charge in [-0.15, -0.1) is 0 Å². The van der Waals surface area contributed by atoms with Crippen LogP contribution in [0.4, 0.5) is 0 Å². The van der Waals surface area contributed by atoms with Crippen LogP contribution in [0.1, 0.15) is 42.9 Å². The topological polar surface area (TPSA) is 63.3 Å². The summed E-state index contributed by atoms with van der Waals surface area (Å²) >= 11 is 0. The van der Waals surface area contributed by atoms with Gasteiger partial charge in [-0.05, 0) is 55.7 Å². The first-order chi connectivity index (χ1) is 9.43. The molecule has 0 saturated carbocycles. The minimum absolute atomic E-state index is 0.233. The van der Waals surface area contributed by atoms with Crippen LogP contribution in [0.3, 0.4) is 0 Å². The first-order valence-corrected chi connectivity index (χ1v) is 7.43. The number of hydrogen-bond donors (Lipinski definition) is 2. The number of carboxylic acid groups (broad SMARTS) is 1. The van der Waals surface area contributed by atoms with E-state index in [0.29, 0.717) is 12.3 Å². The Balaban J connectivity index is 2.36. The number of nitrogens with two attached hydrogens (primary N) is 1. The predicted octanol–water partition coefficient (Wildman–Crippen LogP) is 3.31. The maximum Gasteiger partial charge on any atom is 0.307 e. The summed E-state index contributed by atoms with van der Waals surface area (Å²) in [5.41, 5.74) is 9.53. The van der Waals surface area contributed by atoms with Crippen LogP contribution in [0.2, 0.25) is 0 Å². The minimum atomic E-state index is -0.770. The zero-order valence-electron chi connectivity index (χ0n) is 12.9. The van der Waals surface area contributed by atoms with E-state index in [4.69, 9.17) is 10.8 Å². The number of aryl methyl sites for hydroxylation is 3. The maximum atomic E-state index is 11.0. The largest absolute Gasteiger partial charge is 0.481 e. The maximum absolute atomic E-state index is 11.0. The average molecular weight is 277 g/mol. The Labute approximate surface area is 122 Å². The fraction of sp³-hybridized carbons (Fsp3) is 0.588. The van der Waals surface area contributed by atoms with E-state index >= 15 is 0 Å². The number of carbonyl (C=O) groups is 1. The SMILES string of the molecule is Cc1ccc(CCCC(C)CC(CN)C(=O)O)cc1C. The molecule has 0 heterocycles. The van der Waals surface area contributed by atoms with Crippen molar-refractivity contribution in [1.29, 1.82) is 0 Å². The Morgan fingerprint density at radius 2 is 2.00 bits per heavy atom. The quantitative estimate of drug-likeness (QED) is 0.766. The first-order valence-electron chi connectivity index (χ1n) is 7.43. The molecule has 0 amide bonds. The second-order valence-corrected chi connectivity index (χ2v) is 5.92. The van der Waals surface area contributed by atoms with Gasteiger partial charge in [0.25, 0.3) is 0 Å². The molecule has 2 unspecified atom stereocenters. The van der Waals surface area contributed by atoms with Gasteiger partial charge in [0.1, 0.15) is 0 Å². The second-order valence-electron chi connectivity index (χ2n) is 5.92. The van der Waals surface area contributed by atoms with Gasteiger partial charge in [-0.3, -0.25) is 4.79 Å². The fourth-order valence-corrected chi connectivity index (χ4v) is 2.52. The van der Waals surface area contributed by atoms with Gasteiger partial charge in [0.05, 0.1) is 5.92 Å². The molecule has 0 fully saturated rings. The van der Waals surface area contributed by atoms with Crippen molar-refractivity contribution in [2.45, 2.75) is 46.5 Å². The lowest BCUT2D eigenvalue weighted by Gasteiger charge is -2.16. The number of carboxylic acids is 1. The first kappa shape index (κ1) is 16.7. The molecule has 0 aliphatic carbocycles. The highest BCUT2D eigenvalue weighted by Crippen LogP contribution is 2.19. The lowest BCUT2D eigenvalue weighted by molar-refractivity contribution is -0.141. The van der Waals surface area contributed by atoms with Gasteiger partial charge in [-0.1, -0.05) is 31.5 Å². The van der Waals surface area contributed by atoms with Gasteiger partial charge in [0, 0.05) is 6.54 Å². The number of benzene rings is 1. The van der Waals surface area contributed by atoms with Crippen LogP contribution in [0.5, 0.6) is 0 Å². The normalized spacial score (nSPS) is 14.0. The van der Waals surface area contributed by atoms with E-state index in [-0.39, 0.29) is 6.54 Å². The lowest BCUT2D eigenvalue weighted by atomic mass is 9.91. The van der Waals surface area contributed by atoms with Crippen molar-refractivity contribution in [1.82, 2.24) is 0 Å². The average Bonchev–Trinajstić information content (AvgIpc) is 2.39. The summed E-state index contributed by atoms with van der Waals surface area (Å²) in [5.74, 6) is -0.758. The molecule has 1 aromatic rings. The highest BCUT2D eigenvalue weighted by molar-refractivity contribution is 5.70. The Kier molecular flexibility index (Phi) is 6.73. The van der Waals surface area contributed by atoms with Crippen molar-refractivity contribution in [2.75, 3.05) is 6.54 Å². The third-order valence-corrected chi connectivity index (χ3v) is 4.05. The van der Waals surface area contributed by atoms with Gasteiger partial charge in [0.2, 0.25) is 0 Å². The van der Waals surface area contributed by atoms with Crippen LogP contribution in [0.25, 0.3) is 0 Å². The van der Waals surface area contributed by atoms with E-state index in [1.807, 2.05) is 0 Å². The summed E-state index contributed by atoms with van der Waals surface area (Å²) in [6.07, 6.45) is 3.89. The molecule has 0 aliphatic heterocycles. The minimum Gasteiger partial charge on any atom is -0.481 e. The Hall–Kier alpha value is -1.35.